The number of carbonyl (C=O) groups excluding carboxylic acids is 1. The van der Waals surface area contributed by atoms with E-state index in [-0.39, 0.29) is 13.0 Å². The molecule has 0 saturated carbocycles. The van der Waals surface area contributed by atoms with E-state index in [9.17, 15) is 19.0 Å². The summed E-state index contributed by atoms with van der Waals surface area (Å²) in [6.45, 7) is 3.55. The van der Waals surface area contributed by atoms with Gasteiger partial charge in [0, 0.05) is 13.0 Å². The maximum atomic E-state index is 12.6. The molecule has 10 nitrogen and oxygen atoms in total. The lowest BCUT2D eigenvalue weighted by molar-refractivity contribution is -0.154. The molecule has 0 radical (unpaired) electrons. The molecule has 0 aromatic carbocycles. The SMILES string of the molecule is CC/C=C\C/C=C\C/C=C\C/C=C\C/C=C\C/C=C\CCC(=O)OC(COCCCCCCCC/C=C\C/C=C\CCC)COP(=O)(O)OCC(N)C(=O)O. The fraction of sp³-hybridized carbons (Fsp3) is 0.591. The highest BCUT2D eigenvalue weighted by atomic mass is 31.2. The minimum absolute atomic E-state index is 0.0275. The monoisotopic (exact) mass is 789 g/mol. The van der Waals surface area contributed by atoms with Crippen LogP contribution in [0.1, 0.15) is 129 Å². The first kappa shape index (κ1) is 51.9. The van der Waals surface area contributed by atoms with Gasteiger partial charge in [-0.15, -0.1) is 0 Å². The van der Waals surface area contributed by atoms with Crippen molar-refractivity contribution < 1.29 is 42.7 Å². The van der Waals surface area contributed by atoms with E-state index in [0.717, 1.165) is 83.5 Å². The van der Waals surface area contributed by atoms with Crippen molar-refractivity contribution >= 4 is 19.8 Å². The lowest BCUT2D eigenvalue weighted by atomic mass is 10.1. The van der Waals surface area contributed by atoms with Crippen LogP contribution < -0.4 is 5.73 Å². The number of aliphatic carboxylic acids is 1. The number of allylic oxidation sites excluding steroid dienone is 16. The summed E-state index contributed by atoms with van der Waals surface area (Å²) in [6.07, 6.45) is 50.5. The Morgan fingerprint density at radius 2 is 1.05 bits per heavy atom. The van der Waals surface area contributed by atoms with Crippen molar-refractivity contribution in [3.63, 3.8) is 0 Å². The molecule has 0 aromatic heterocycles. The quantitative estimate of drug-likeness (QED) is 0.0240. The second-order valence-corrected chi connectivity index (χ2v) is 14.5. The maximum Gasteiger partial charge on any atom is 0.472 e. The van der Waals surface area contributed by atoms with Crippen LogP contribution in [0, 0.1) is 0 Å². The van der Waals surface area contributed by atoms with Crippen LogP contribution in [0.5, 0.6) is 0 Å². The van der Waals surface area contributed by atoms with Gasteiger partial charge in [0.1, 0.15) is 12.1 Å². The highest BCUT2D eigenvalue weighted by molar-refractivity contribution is 7.47. The number of unbranched alkanes of at least 4 members (excludes halogenated alkanes) is 7. The topological polar surface area (TPSA) is 155 Å². The van der Waals surface area contributed by atoms with Gasteiger partial charge >= 0.3 is 19.8 Å². The third-order valence-electron chi connectivity index (χ3n) is 7.84. The molecule has 3 atom stereocenters. The summed E-state index contributed by atoms with van der Waals surface area (Å²) < 4.78 is 33.2. The van der Waals surface area contributed by atoms with Crippen LogP contribution in [0.4, 0.5) is 0 Å². The molecular formula is C44H72NO9P. The fourth-order valence-corrected chi connectivity index (χ4v) is 5.50. The molecule has 0 aliphatic carbocycles. The van der Waals surface area contributed by atoms with E-state index in [1.54, 1.807) is 0 Å². The van der Waals surface area contributed by atoms with Crippen molar-refractivity contribution in [1.82, 2.24) is 0 Å². The van der Waals surface area contributed by atoms with Gasteiger partial charge in [-0.1, -0.05) is 143 Å². The van der Waals surface area contributed by atoms with E-state index in [2.05, 4.69) is 103 Å². The molecule has 11 heteroatoms. The Labute approximate surface area is 332 Å². The van der Waals surface area contributed by atoms with Crippen molar-refractivity contribution in [2.24, 2.45) is 5.73 Å². The van der Waals surface area contributed by atoms with Gasteiger partial charge in [0.15, 0.2) is 0 Å². The number of ether oxygens (including phenoxy) is 2. The smallest absolute Gasteiger partial charge is 0.472 e. The average molecular weight is 790 g/mol. The van der Waals surface area contributed by atoms with Crippen LogP contribution >= 0.6 is 7.82 Å². The van der Waals surface area contributed by atoms with Crippen molar-refractivity contribution in [2.45, 2.75) is 142 Å². The molecule has 0 aromatic rings. The molecular weight excluding hydrogens is 717 g/mol. The van der Waals surface area contributed by atoms with Gasteiger partial charge in [-0.2, -0.15) is 0 Å². The summed E-state index contributed by atoms with van der Waals surface area (Å²) in [6, 6.07) is -1.49. The molecule has 312 valence electrons. The first-order valence-corrected chi connectivity index (χ1v) is 21.8. The number of nitrogens with two attached hydrogens (primary N) is 1. The Hall–Kier alpha value is -3.11. The minimum Gasteiger partial charge on any atom is -0.480 e. The molecule has 0 aliphatic heterocycles. The number of rotatable bonds is 37. The summed E-state index contributed by atoms with van der Waals surface area (Å²) in [7, 11) is -4.64. The van der Waals surface area contributed by atoms with E-state index >= 15 is 0 Å². The molecule has 4 N–H and O–H groups in total. The van der Waals surface area contributed by atoms with Gasteiger partial charge in [0.25, 0.3) is 0 Å². The highest BCUT2D eigenvalue weighted by Crippen LogP contribution is 2.43. The molecule has 0 fully saturated rings. The number of phosphoric ester groups is 1. The average Bonchev–Trinajstić information content (AvgIpc) is 3.16. The Bertz CT molecular complexity index is 1240. The number of hydrogen-bond acceptors (Lipinski definition) is 8. The first-order valence-electron chi connectivity index (χ1n) is 20.3. The third kappa shape index (κ3) is 38.9. The Balaban J connectivity index is 4.46. The Morgan fingerprint density at radius 1 is 0.600 bits per heavy atom. The van der Waals surface area contributed by atoms with E-state index in [0.29, 0.717) is 13.0 Å². The summed E-state index contributed by atoms with van der Waals surface area (Å²) in [5.74, 6) is -1.88. The number of hydrogen-bond donors (Lipinski definition) is 3. The van der Waals surface area contributed by atoms with Crippen LogP contribution in [0.15, 0.2) is 97.2 Å². The van der Waals surface area contributed by atoms with E-state index in [1.165, 1.54) is 19.3 Å². The van der Waals surface area contributed by atoms with E-state index in [1.807, 2.05) is 12.2 Å². The van der Waals surface area contributed by atoms with Gasteiger partial charge in [0.2, 0.25) is 0 Å². The van der Waals surface area contributed by atoms with Crippen LogP contribution in [0.2, 0.25) is 0 Å². The zero-order valence-corrected chi connectivity index (χ0v) is 34.6. The predicted octanol–water partition coefficient (Wildman–Crippen LogP) is 11.0. The molecule has 0 amide bonds. The summed E-state index contributed by atoms with van der Waals surface area (Å²) in [5.41, 5.74) is 5.34. The number of phosphoric acid groups is 1. The van der Waals surface area contributed by atoms with Crippen molar-refractivity contribution in [2.75, 3.05) is 26.4 Å². The van der Waals surface area contributed by atoms with E-state index < -0.39 is 45.1 Å². The zero-order valence-electron chi connectivity index (χ0n) is 33.7. The lowest BCUT2D eigenvalue weighted by Gasteiger charge is -2.20. The summed E-state index contributed by atoms with van der Waals surface area (Å²) in [5, 5.41) is 8.88. The second kappa shape index (κ2) is 39.1. The minimum atomic E-state index is -4.64. The Kier molecular flexibility index (Phi) is 36.9. The molecule has 3 unspecified atom stereocenters. The van der Waals surface area contributed by atoms with Gasteiger partial charge in [-0.05, 0) is 77.0 Å². The lowest BCUT2D eigenvalue weighted by Crippen LogP contribution is -2.34. The molecule has 0 rings (SSSR count). The standard InChI is InChI=1S/C44H72NO9P/c1-3-5-7-9-11-13-15-17-19-20-21-22-23-24-26-28-30-32-34-36-43(46)54-41(39-52-55(49,50)53-40-42(45)44(47)48)38-51-37-35-33-31-29-27-25-18-16-14-12-10-8-6-4-2/h5,7-8,10-11,13-14,16-17,19,21-22,24,26,30,32,41-42H,3-4,6,9,12,15,18,20,23,25,27-29,31,33-40,45H2,1-2H3,(H,47,48)(H,49,50)/b7-5-,10-8-,13-11-,16-14-,19-17-,22-21-,26-24-,32-30-. The number of carbonyl (C=O) groups is 2. The third-order valence-corrected chi connectivity index (χ3v) is 8.79. The van der Waals surface area contributed by atoms with Crippen LogP contribution in [-0.4, -0.2) is 60.5 Å². The molecule has 55 heavy (non-hydrogen) atoms. The van der Waals surface area contributed by atoms with Gasteiger partial charge < -0.3 is 25.2 Å². The summed E-state index contributed by atoms with van der Waals surface area (Å²) >= 11 is 0. The number of carboxylic acids is 1. The summed E-state index contributed by atoms with van der Waals surface area (Å²) in [4.78, 5) is 33.4. The van der Waals surface area contributed by atoms with Gasteiger partial charge in [-0.3, -0.25) is 18.6 Å². The molecule has 0 heterocycles. The molecule has 0 bridgehead atoms. The first-order chi connectivity index (χ1) is 26.7. The number of carboxylic acid groups (broad SMARTS) is 1. The fourth-order valence-electron chi connectivity index (χ4n) is 4.72. The van der Waals surface area contributed by atoms with Crippen molar-refractivity contribution in [1.29, 1.82) is 0 Å². The van der Waals surface area contributed by atoms with Crippen molar-refractivity contribution in [3.8, 4) is 0 Å². The normalized spacial score (nSPS) is 15.0. The number of esters is 1. The largest absolute Gasteiger partial charge is 0.480 e. The highest BCUT2D eigenvalue weighted by Gasteiger charge is 2.27. The van der Waals surface area contributed by atoms with Crippen LogP contribution in [0.3, 0.4) is 0 Å². The Morgan fingerprint density at radius 3 is 1.58 bits per heavy atom. The zero-order chi connectivity index (χ0) is 40.5. The van der Waals surface area contributed by atoms with Crippen LogP contribution in [0.25, 0.3) is 0 Å². The van der Waals surface area contributed by atoms with Gasteiger partial charge in [-0.25, -0.2) is 4.57 Å². The molecule has 0 saturated heterocycles. The molecule has 0 aliphatic rings. The van der Waals surface area contributed by atoms with Gasteiger partial charge in [0.05, 0.1) is 19.8 Å². The predicted molar refractivity (Wildman–Crippen MR) is 226 cm³/mol. The molecule has 0 spiro atoms. The van der Waals surface area contributed by atoms with Crippen LogP contribution in [-0.2, 0) is 32.7 Å². The van der Waals surface area contributed by atoms with Crippen molar-refractivity contribution in [3.05, 3.63) is 97.2 Å². The van der Waals surface area contributed by atoms with E-state index in [4.69, 9.17) is 24.8 Å². The maximum absolute atomic E-state index is 12.6. The second-order valence-electron chi connectivity index (χ2n) is 13.0.